The van der Waals surface area contributed by atoms with E-state index >= 15 is 0 Å². The Balaban J connectivity index is 2.17. The average molecular weight is 188 g/mol. The molecule has 1 fully saturated rings. The lowest BCUT2D eigenvalue weighted by Gasteiger charge is -2.30. The molecule has 0 bridgehead atoms. The van der Waals surface area contributed by atoms with Gasteiger partial charge in [-0.2, -0.15) is 0 Å². The van der Waals surface area contributed by atoms with Gasteiger partial charge in [-0.25, -0.2) is 5.90 Å². The maximum atomic E-state index is 5.26. The molecule has 0 aliphatic carbocycles. The Morgan fingerprint density at radius 2 is 2.00 bits per heavy atom. The van der Waals surface area contributed by atoms with Crippen molar-refractivity contribution in [2.24, 2.45) is 5.90 Å². The van der Waals surface area contributed by atoms with Gasteiger partial charge >= 0.3 is 0 Å². The van der Waals surface area contributed by atoms with E-state index in [1.807, 2.05) is 13.8 Å². The SMILES string of the molecule is CC(C)(CCN1CCOCC1)ON. The van der Waals surface area contributed by atoms with Crippen molar-refractivity contribution in [2.45, 2.75) is 25.9 Å². The zero-order chi connectivity index (χ0) is 9.73. The Labute approximate surface area is 79.9 Å². The van der Waals surface area contributed by atoms with Crippen LogP contribution >= 0.6 is 0 Å². The number of nitrogens with zero attached hydrogens (tertiary/aromatic N) is 1. The molecule has 0 radical (unpaired) electrons. The highest BCUT2D eigenvalue weighted by molar-refractivity contribution is 4.71. The van der Waals surface area contributed by atoms with Gasteiger partial charge in [0, 0.05) is 19.6 Å². The highest BCUT2D eigenvalue weighted by Crippen LogP contribution is 2.12. The first kappa shape index (κ1) is 10.9. The van der Waals surface area contributed by atoms with Crippen molar-refractivity contribution < 1.29 is 9.57 Å². The van der Waals surface area contributed by atoms with E-state index in [0.717, 1.165) is 39.3 Å². The average Bonchev–Trinajstić information content (AvgIpc) is 2.17. The van der Waals surface area contributed by atoms with Gasteiger partial charge in [0.1, 0.15) is 0 Å². The summed E-state index contributed by atoms with van der Waals surface area (Å²) >= 11 is 0. The quantitative estimate of drug-likeness (QED) is 0.648. The lowest BCUT2D eigenvalue weighted by atomic mass is 10.1. The fourth-order valence-corrected chi connectivity index (χ4v) is 1.31. The predicted molar refractivity (Wildman–Crippen MR) is 51.2 cm³/mol. The second kappa shape index (κ2) is 4.91. The van der Waals surface area contributed by atoms with Crippen LogP contribution in [0.1, 0.15) is 20.3 Å². The molecule has 0 amide bonds. The highest BCUT2D eigenvalue weighted by atomic mass is 16.6. The van der Waals surface area contributed by atoms with Gasteiger partial charge in [0.15, 0.2) is 0 Å². The highest BCUT2D eigenvalue weighted by Gasteiger charge is 2.19. The molecule has 2 N–H and O–H groups in total. The maximum Gasteiger partial charge on any atom is 0.0850 e. The van der Waals surface area contributed by atoms with Crippen LogP contribution in [0.3, 0.4) is 0 Å². The van der Waals surface area contributed by atoms with Crippen molar-refractivity contribution in [1.82, 2.24) is 4.90 Å². The lowest BCUT2D eigenvalue weighted by molar-refractivity contribution is -0.0383. The molecular formula is C9H20N2O2. The number of hydrogen-bond acceptors (Lipinski definition) is 4. The summed E-state index contributed by atoms with van der Waals surface area (Å²) in [5, 5.41) is 0. The molecule has 1 heterocycles. The fraction of sp³-hybridized carbons (Fsp3) is 1.00. The topological polar surface area (TPSA) is 47.7 Å². The van der Waals surface area contributed by atoms with Crippen molar-refractivity contribution in [3.63, 3.8) is 0 Å². The van der Waals surface area contributed by atoms with Crippen molar-refractivity contribution in [3.8, 4) is 0 Å². The Bertz CT molecular complexity index is 145. The van der Waals surface area contributed by atoms with E-state index < -0.39 is 0 Å². The summed E-state index contributed by atoms with van der Waals surface area (Å²) in [6.45, 7) is 8.81. The molecule has 1 rings (SSSR count). The monoisotopic (exact) mass is 188 g/mol. The van der Waals surface area contributed by atoms with Crippen LogP contribution in [0.4, 0.5) is 0 Å². The second-order valence-corrected chi connectivity index (χ2v) is 4.08. The summed E-state index contributed by atoms with van der Waals surface area (Å²) in [6, 6.07) is 0. The molecule has 4 heteroatoms. The van der Waals surface area contributed by atoms with Crippen LogP contribution in [-0.2, 0) is 9.57 Å². The number of hydrogen-bond donors (Lipinski definition) is 1. The molecule has 78 valence electrons. The largest absolute Gasteiger partial charge is 0.379 e. The summed E-state index contributed by atoms with van der Waals surface area (Å²) in [5.74, 6) is 5.18. The number of rotatable bonds is 4. The molecule has 0 atom stereocenters. The van der Waals surface area contributed by atoms with Crippen LogP contribution in [-0.4, -0.2) is 43.3 Å². The molecule has 13 heavy (non-hydrogen) atoms. The van der Waals surface area contributed by atoms with E-state index in [2.05, 4.69) is 4.90 Å². The molecule has 1 saturated heterocycles. The van der Waals surface area contributed by atoms with Crippen molar-refractivity contribution in [2.75, 3.05) is 32.8 Å². The molecule has 1 aliphatic heterocycles. The predicted octanol–water partition coefficient (Wildman–Crippen LogP) is 0.378. The molecule has 4 nitrogen and oxygen atoms in total. The molecule has 0 aromatic carbocycles. The standard InChI is InChI=1S/C9H20N2O2/c1-9(2,13-10)3-4-11-5-7-12-8-6-11/h3-8,10H2,1-2H3. The van der Waals surface area contributed by atoms with E-state index in [4.69, 9.17) is 15.5 Å². The first-order valence-electron chi connectivity index (χ1n) is 4.82. The minimum atomic E-state index is -0.210. The number of ether oxygens (including phenoxy) is 1. The Morgan fingerprint density at radius 1 is 1.38 bits per heavy atom. The van der Waals surface area contributed by atoms with Gasteiger partial charge in [-0.3, -0.25) is 9.74 Å². The van der Waals surface area contributed by atoms with Gasteiger partial charge in [-0.15, -0.1) is 0 Å². The minimum Gasteiger partial charge on any atom is -0.379 e. The summed E-state index contributed by atoms with van der Waals surface area (Å²) in [4.78, 5) is 7.25. The van der Waals surface area contributed by atoms with Crippen LogP contribution < -0.4 is 5.90 Å². The first-order chi connectivity index (χ1) is 6.14. The van der Waals surface area contributed by atoms with Crippen molar-refractivity contribution >= 4 is 0 Å². The molecular weight excluding hydrogens is 168 g/mol. The van der Waals surface area contributed by atoms with Gasteiger partial charge in [0.25, 0.3) is 0 Å². The summed E-state index contributed by atoms with van der Waals surface area (Å²) in [7, 11) is 0. The summed E-state index contributed by atoms with van der Waals surface area (Å²) in [6.07, 6.45) is 0.962. The normalized spacial score (nSPS) is 20.5. The van der Waals surface area contributed by atoms with Crippen LogP contribution in [0, 0.1) is 0 Å². The zero-order valence-corrected chi connectivity index (χ0v) is 8.58. The fourth-order valence-electron chi connectivity index (χ4n) is 1.31. The second-order valence-electron chi connectivity index (χ2n) is 4.08. The number of nitrogens with two attached hydrogens (primary N) is 1. The van der Waals surface area contributed by atoms with E-state index in [0.29, 0.717) is 0 Å². The van der Waals surface area contributed by atoms with Crippen molar-refractivity contribution in [3.05, 3.63) is 0 Å². The van der Waals surface area contributed by atoms with Gasteiger partial charge in [-0.05, 0) is 20.3 Å². The Hall–Kier alpha value is -0.160. The minimum absolute atomic E-state index is 0.210. The van der Waals surface area contributed by atoms with Crippen LogP contribution in [0.5, 0.6) is 0 Å². The Kier molecular flexibility index (Phi) is 4.12. The first-order valence-corrected chi connectivity index (χ1v) is 4.82. The molecule has 0 spiro atoms. The molecule has 0 unspecified atom stereocenters. The molecule has 0 aromatic rings. The van der Waals surface area contributed by atoms with E-state index in [1.54, 1.807) is 0 Å². The van der Waals surface area contributed by atoms with Crippen LogP contribution in [0.2, 0.25) is 0 Å². The van der Waals surface area contributed by atoms with E-state index in [9.17, 15) is 0 Å². The molecule has 0 saturated carbocycles. The van der Waals surface area contributed by atoms with Gasteiger partial charge in [-0.1, -0.05) is 0 Å². The van der Waals surface area contributed by atoms with Crippen LogP contribution in [0.25, 0.3) is 0 Å². The smallest absolute Gasteiger partial charge is 0.0850 e. The third kappa shape index (κ3) is 4.04. The Morgan fingerprint density at radius 3 is 2.54 bits per heavy atom. The third-order valence-electron chi connectivity index (χ3n) is 2.45. The molecule has 0 aromatic heterocycles. The van der Waals surface area contributed by atoms with Gasteiger partial charge < -0.3 is 4.74 Å². The van der Waals surface area contributed by atoms with Crippen molar-refractivity contribution in [1.29, 1.82) is 0 Å². The van der Waals surface area contributed by atoms with Gasteiger partial charge in [0.2, 0.25) is 0 Å². The lowest BCUT2D eigenvalue weighted by Crippen LogP contribution is -2.40. The van der Waals surface area contributed by atoms with Crippen LogP contribution in [0.15, 0.2) is 0 Å². The van der Waals surface area contributed by atoms with E-state index in [-0.39, 0.29) is 5.60 Å². The zero-order valence-electron chi connectivity index (χ0n) is 8.58. The summed E-state index contributed by atoms with van der Waals surface area (Å²) in [5.41, 5.74) is -0.210. The summed E-state index contributed by atoms with van der Waals surface area (Å²) < 4.78 is 5.26. The maximum absolute atomic E-state index is 5.26. The van der Waals surface area contributed by atoms with Gasteiger partial charge in [0.05, 0.1) is 18.8 Å². The number of morpholine rings is 1. The third-order valence-corrected chi connectivity index (χ3v) is 2.45. The van der Waals surface area contributed by atoms with E-state index in [1.165, 1.54) is 0 Å². The molecule has 1 aliphatic rings.